The summed E-state index contributed by atoms with van der Waals surface area (Å²) in [7, 11) is -1.12. The molecule has 33 heavy (non-hydrogen) atoms. The highest BCUT2D eigenvalue weighted by atomic mass is 35.5. The maximum atomic E-state index is 12.2. The van der Waals surface area contributed by atoms with Crippen molar-refractivity contribution in [2.24, 2.45) is 5.73 Å². The van der Waals surface area contributed by atoms with Crippen LogP contribution in [0.1, 0.15) is 26.3 Å². The largest absolute Gasteiger partial charge is 0.403 e. The lowest BCUT2D eigenvalue weighted by Gasteiger charge is -2.43. The second-order valence-corrected chi connectivity index (χ2v) is 14.1. The lowest BCUT2D eigenvalue weighted by Crippen LogP contribution is -2.66. The van der Waals surface area contributed by atoms with Crippen LogP contribution in [0.25, 0.3) is 0 Å². The van der Waals surface area contributed by atoms with Gasteiger partial charge in [-0.25, -0.2) is 0 Å². The van der Waals surface area contributed by atoms with Crippen molar-refractivity contribution in [3.63, 3.8) is 0 Å². The maximum Gasteiger partial charge on any atom is 0.261 e. The molecule has 0 aliphatic heterocycles. The topological polar surface area (TPSA) is 55.6 Å². The van der Waals surface area contributed by atoms with Crippen molar-refractivity contribution in [3.05, 3.63) is 88.4 Å². The molecule has 2 N–H and O–H groups in total. The Labute approximate surface area is 207 Å². The van der Waals surface area contributed by atoms with Crippen LogP contribution in [0, 0.1) is 0 Å². The zero-order valence-electron chi connectivity index (χ0n) is 19.4. The highest BCUT2D eigenvalue weighted by molar-refractivity contribution is 6.99. The van der Waals surface area contributed by atoms with Gasteiger partial charge >= 0.3 is 0 Å². The number of hydrogen-bond donors (Lipinski definition) is 1. The molecule has 0 saturated carbocycles. The Bertz CT molecular complexity index is 1060. The van der Waals surface area contributed by atoms with Crippen LogP contribution in [-0.4, -0.2) is 27.8 Å². The first-order valence-electron chi connectivity index (χ1n) is 10.8. The molecule has 3 aromatic rings. The van der Waals surface area contributed by atoms with Gasteiger partial charge in [-0.05, 0) is 27.5 Å². The number of benzene rings is 3. The summed E-state index contributed by atoms with van der Waals surface area (Å²) in [6, 6.07) is 24.2. The van der Waals surface area contributed by atoms with Gasteiger partial charge in [-0.2, -0.15) is 0 Å². The van der Waals surface area contributed by atoms with E-state index < -0.39 is 8.32 Å². The van der Waals surface area contributed by atoms with E-state index in [0.717, 1.165) is 0 Å². The van der Waals surface area contributed by atoms with Gasteiger partial charge in [-0.1, -0.05) is 105 Å². The number of halogens is 2. The lowest BCUT2D eigenvalue weighted by molar-refractivity contribution is -0.117. The van der Waals surface area contributed by atoms with Crippen LogP contribution in [0.2, 0.25) is 15.1 Å². The van der Waals surface area contributed by atoms with E-state index >= 15 is 0 Å². The second-order valence-electron chi connectivity index (χ2n) is 8.97. The number of rotatable bonds is 7. The normalized spacial score (nSPS) is 12.0. The van der Waals surface area contributed by atoms with Gasteiger partial charge in [0, 0.05) is 17.6 Å². The molecule has 0 heterocycles. The number of carbonyl (C=O) groups excluding carboxylic acids is 1. The minimum absolute atomic E-state index is 0.108. The van der Waals surface area contributed by atoms with Crippen molar-refractivity contribution in [1.29, 1.82) is 0 Å². The Kier molecular flexibility index (Phi) is 8.03. The predicted octanol–water partition coefficient (Wildman–Crippen LogP) is 4.99. The third-order valence-electron chi connectivity index (χ3n) is 5.93. The summed E-state index contributed by atoms with van der Waals surface area (Å²) in [4.78, 5) is 13.6. The van der Waals surface area contributed by atoms with E-state index in [0.29, 0.717) is 21.3 Å². The first-order valence-corrected chi connectivity index (χ1v) is 13.5. The van der Waals surface area contributed by atoms with Crippen LogP contribution in [0.15, 0.2) is 72.8 Å². The van der Waals surface area contributed by atoms with Gasteiger partial charge in [0.2, 0.25) is 5.91 Å². The van der Waals surface area contributed by atoms with E-state index in [2.05, 4.69) is 45.0 Å². The predicted molar refractivity (Wildman–Crippen MR) is 141 cm³/mol. The fraction of sp³-hybridized carbons (Fsp3) is 0.269. The van der Waals surface area contributed by atoms with Gasteiger partial charge < -0.3 is 15.1 Å². The molecular formula is C26H30Cl2N2O2Si. The Morgan fingerprint density at radius 3 is 1.91 bits per heavy atom. The number of likely N-dealkylation sites (N-methyl/N-ethyl adjacent to an activating group) is 1. The molecule has 1 amide bonds. The summed E-state index contributed by atoms with van der Waals surface area (Å²) in [5.74, 6) is -0.238. The summed E-state index contributed by atoms with van der Waals surface area (Å²) < 4.78 is 6.98. The fourth-order valence-corrected chi connectivity index (χ4v) is 9.31. The molecule has 0 saturated heterocycles. The SMILES string of the molecule is CN(C(=O)CN)c1ccc(Cl)c(CO[Si](c2ccccc2)(c2ccccc2)C(C)(C)C)c1Cl. The van der Waals surface area contributed by atoms with Crippen LogP contribution < -0.4 is 21.0 Å². The van der Waals surface area contributed by atoms with Crippen LogP contribution >= 0.6 is 23.2 Å². The lowest BCUT2D eigenvalue weighted by atomic mass is 10.2. The monoisotopic (exact) mass is 500 g/mol. The summed E-state index contributed by atoms with van der Waals surface area (Å²) in [6.45, 7) is 6.75. The molecule has 0 fully saturated rings. The third-order valence-corrected chi connectivity index (χ3v) is 11.7. The van der Waals surface area contributed by atoms with E-state index in [-0.39, 0.29) is 24.1 Å². The standard InChI is InChI=1S/C26H30Cl2N2O2Si/c1-26(2,3)33(19-11-7-5-8-12-19,20-13-9-6-10-14-20)32-18-21-22(27)15-16-23(25(21)28)30(4)24(31)17-29/h5-16H,17-18,29H2,1-4H3. The molecule has 174 valence electrons. The highest BCUT2D eigenvalue weighted by Gasteiger charge is 2.50. The summed E-state index contributed by atoms with van der Waals surface area (Å²) >= 11 is 13.3. The number of amides is 1. The number of nitrogens with two attached hydrogens (primary N) is 1. The van der Waals surface area contributed by atoms with Crippen LogP contribution in [0.5, 0.6) is 0 Å². The molecule has 0 unspecified atom stereocenters. The van der Waals surface area contributed by atoms with E-state index in [9.17, 15) is 4.79 Å². The van der Waals surface area contributed by atoms with E-state index in [1.54, 1.807) is 19.2 Å². The van der Waals surface area contributed by atoms with Crippen LogP contribution in [0.4, 0.5) is 5.69 Å². The molecular weight excluding hydrogens is 471 g/mol. The molecule has 0 spiro atoms. The summed E-state index contributed by atoms with van der Waals surface area (Å²) in [5.41, 5.74) is 6.75. The van der Waals surface area contributed by atoms with E-state index in [4.69, 9.17) is 33.4 Å². The molecule has 0 aliphatic carbocycles. The maximum absolute atomic E-state index is 12.2. The molecule has 0 aliphatic rings. The zero-order chi connectivity index (χ0) is 24.2. The summed E-state index contributed by atoms with van der Waals surface area (Å²) in [6.07, 6.45) is 0. The van der Waals surface area contributed by atoms with Crippen LogP contribution in [0.3, 0.4) is 0 Å². The van der Waals surface area contributed by atoms with Gasteiger partial charge in [0.1, 0.15) is 0 Å². The Morgan fingerprint density at radius 2 is 1.45 bits per heavy atom. The first kappa shape index (κ1) is 25.5. The number of carbonyl (C=O) groups is 1. The fourth-order valence-electron chi connectivity index (χ4n) is 4.19. The Balaban J connectivity index is 2.12. The van der Waals surface area contributed by atoms with Gasteiger partial charge in [0.05, 0.1) is 23.9 Å². The molecule has 4 nitrogen and oxygen atoms in total. The van der Waals surface area contributed by atoms with Crippen molar-refractivity contribution in [3.8, 4) is 0 Å². The van der Waals surface area contributed by atoms with Crippen molar-refractivity contribution in [2.75, 3.05) is 18.5 Å². The number of anilines is 1. The average Bonchev–Trinajstić information content (AvgIpc) is 2.81. The molecule has 0 bridgehead atoms. The minimum atomic E-state index is -2.77. The third kappa shape index (κ3) is 5.03. The van der Waals surface area contributed by atoms with E-state index in [1.807, 2.05) is 36.4 Å². The van der Waals surface area contributed by atoms with E-state index in [1.165, 1.54) is 15.3 Å². The molecule has 3 rings (SSSR count). The first-order chi connectivity index (χ1) is 15.6. The van der Waals surface area contributed by atoms with Gasteiger partial charge in [-0.3, -0.25) is 4.79 Å². The Hall–Kier alpha value is -2.15. The van der Waals surface area contributed by atoms with Crippen molar-refractivity contribution < 1.29 is 9.22 Å². The molecule has 0 aromatic heterocycles. The smallest absolute Gasteiger partial charge is 0.261 e. The molecule has 7 heteroatoms. The highest BCUT2D eigenvalue weighted by Crippen LogP contribution is 2.40. The molecule has 0 radical (unpaired) electrons. The van der Waals surface area contributed by atoms with Crippen molar-refractivity contribution in [1.82, 2.24) is 0 Å². The van der Waals surface area contributed by atoms with Gasteiger partial charge in [0.15, 0.2) is 0 Å². The van der Waals surface area contributed by atoms with Crippen LogP contribution in [-0.2, 0) is 15.8 Å². The molecule has 3 aromatic carbocycles. The number of hydrogen-bond acceptors (Lipinski definition) is 3. The molecule has 0 atom stereocenters. The van der Waals surface area contributed by atoms with Crippen molar-refractivity contribution in [2.45, 2.75) is 32.4 Å². The van der Waals surface area contributed by atoms with Crippen molar-refractivity contribution >= 4 is 53.5 Å². The van der Waals surface area contributed by atoms with Gasteiger partial charge in [0.25, 0.3) is 8.32 Å². The zero-order valence-corrected chi connectivity index (χ0v) is 22.0. The quantitative estimate of drug-likeness (QED) is 0.464. The minimum Gasteiger partial charge on any atom is -0.403 e. The summed E-state index contributed by atoms with van der Waals surface area (Å²) in [5, 5.41) is 3.04. The average molecular weight is 502 g/mol. The Morgan fingerprint density at radius 1 is 0.939 bits per heavy atom. The second kappa shape index (κ2) is 10.4. The number of nitrogens with zero attached hydrogens (tertiary/aromatic N) is 1. The van der Waals surface area contributed by atoms with Gasteiger partial charge in [-0.15, -0.1) is 0 Å².